The average Bonchev–Trinajstić information content (AvgIpc) is 1.88. The zero-order valence-electron chi connectivity index (χ0n) is 7.43. The van der Waals surface area contributed by atoms with Crippen LogP contribution in [0.15, 0.2) is 0 Å². The van der Waals surface area contributed by atoms with Crippen LogP contribution in [0.4, 0.5) is 0 Å². The van der Waals surface area contributed by atoms with Crippen LogP contribution in [-0.4, -0.2) is 25.0 Å². The van der Waals surface area contributed by atoms with Crippen LogP contribution < -0.4 is 0 Å². The zero-order chi connectivity index (χ0) is 7.56. The van der Waals surface area contributed by atoms with Crippen LogP contribution >= 0.6 is 0 Å². The van der Waals surface area contributed by atoms with E-state index < -0.39 is 0 Å². The highest BCUT2D eigenvalue weighted by molar-refractivity contribution is 4.74. The first kappa shape index (κ1) is 8.06. The molecule has 0 aliphatic carbocycles. The van der Waals surface area contributed by atoms with Gasteiger partial charge in [-0.1, -0.05) is 20.3 Å². The minimum absolute atomic E-state index is 0.920. The SMILES string of the molecule is CCC1CCN(C)CC1C. The van der Waals surface area contributed by atoms with E-state index in [-0.39, 0.29) is 0 Å². The van der Waals surface area contributed by atoms with Gasteiger partial charge in [0.25, 0.3) is 0 Å². The van der Waals surface area contributed by atoms with E-state index in [9.17, 15) is 0 Å². The van der Waals surface area contributed by atoms with Gasteiger partial charge in [0.15, 0.2) is 0 Å². The van der Waals surface area contributed by atoms with Gasteiger partial charge in [-0.15, -0.1) is 0 Å². The second-order valence-corrected chi connectivity index (χ2v) is 3.70. The predicted molar refractivity (Wildman–Crippen MR) is 45.1 cm³/mol. The first-order chi connectivity index (χ1) is 4.74. The topological polar surface area (TPSA) is 3.24 Å². The van der Waals surface area contributed by atoms with Crippen molar-refractivity contribution in [1.29, 1.82) is 0 Å². The number of piperidine rings is 1. The Bertz CT molecular complexity index is 101. The number of nitrogens with zero attached hydrogens (tertiary/aromatic N) is 1. The third-order valence-electron chi connectivity index (χ3n) is 2.81. The molecule has 1 aliphatic rings. The molecule has 0 bridgehead atoms. The van der Waals surface area contributed by atoms with Crippen LogP contribution in [0.25, 0.3) is 0 Å². The molecule has 0 radical (unpaired) electrons. The number of hydrogen-bond donors (Lipinski definition) is 0. The Morgan fingerprint density at radius 1 is 1.50 bits per heavy atom. The van der Waals surface area contributed by atoms with Gasteiger partial charge in [-0.25, -0.2) is 0 Å². The maximum absolute atomic E-state index is 2.44. The molecule has 0 N–H and O–H groups in total. The highest BCUT2D eigenvalue weighted by atomic mass is 15.1. The molecule has 0 aromatic rings. The van der Waals surface area contributed by atoms with E-state index in [1.54, 1.807) is 0 Å². The zero-order valence-corrected chi connectivity index (χ0v) is 7.43. The summed E-state index contributed by atoms with van der Waals surface area (Å²) in [5.41, 5.74) is 0. The second-order valence-electron chi connectivity index (χ2n) is 3.70. The fraction of sp³-hybridized carbons (Fsp3) is 1.00. The Kier molecular flexibility index (Phi) is 2.72. The quantitative estimate of drug-likeness (QED) is 0.540. The lowest BCUT2D eigenvalue weighted by molar-refractivity contribution is 0.152. The van der Waals surface area contributed by atoms with Crippen molar-refractivity contribution in [3.8, 4) is 0 Å². The van der Waals surface area contributed by atoms with E-state index in [0.29, 0.717) is 0 Å². The Morgan fingerprint density at radius 3 is 2.70 bits per heavy atom. The molecule has 1 heterocycles. The van der Waals surface area contributed by atoms with Crippen molar-refractivity contribution in [2.24, 2.45) is 11.8 Å². The van der Waals surface area contributed by atoms with Crippen LogP contribution in [0.2, 0.25) is 0 Å². The normalized spacial score (nSPS) is 36.3. The van der Waals surface area contributed by atoms with Crippen LogP contribution in [0, 0.1) is 11.8 Å². The van der Waals surface area contributed by atoms with Crippen molar-refractivity contribution in [2.45, 2.75) is 26.7 Å². The fourth-order valence-corrected chi connectivity index (χ4v) is 2.01. The molecule has 0 spiro atoms. The van der Waals surface area contributed by atoms with Crippen LogP contribution in [0.1, 0.15) is 26.7 Å². The fourth-order valence-electron chi connectivity index (χ4n) is 2.01. The maximum Gasteiger partial charge on any atom is 0.000662 e. The minimum Gasteiger partial charge on any atom is -0.306 e. The highest BCUT2D eigenvalue weighted by Crippen LogP contribution is 2.24. The highest BCUT2D eigenvalue weighted by Gasteiger charge is 2.21. The molecule has 1 nitrogen and oxygen atoms in total. The van der Waals surface area contributed by atoms with E-state index in [1.165, 1.54) is 25.9 Å². The van der Waals surface area contributed by atoms with Gasteiger partial charge in [0.1, 0.15) is 0 Å². The summed E-state index contributed by atoms with van der Waals surface area (Å²) in [4.78, 5) is 2.44. The molecule has 1 rings (SSSR count). The van der Waals surface area contributed by atoms with Crippen molar-refractivity contribution >= 4 is 0 Å². The molecular formula is C9H19N. The predicted octanol–water partition coefficient (Wildman–Crippen LogP) is 1.98. The summed E-state index contributed by atoms with van der Waals surface area (Å²) in [7, 11) is 2.22. The summed E-state index contributed by atoms with van der Waals surface area (Å²) in [6.45, 7) is 7.30. The Labute approximate surface area is 64.4 Å². The summed E-state index contributed by atoms with van der Waals surface area (Å²) in [6, 6.07) is 0. The van der Waals surface area contributed by atoms with E-state index in [1.807, 2.05) is 0 Å². The van der Waals surface area contributed by atoms with Crippen molar-refractivity contribution in [3.63, 3.8) is 0 Å². The lowest BCUT2D eigenvalue weighted by atomic mass is 9.85. The first-order valence-corrected chi connectivity index (χ1v) is 4.42. The monoisotopic (exact) mass is 141 g/mol. The Balaban J connectivity index is 2.36. The van der Waals surface area contributed by atoms with Crippen LogP contribution in [0.5, 0.6) is 0 Å². The summed E-state index contributed by atoms with van der Waals surface area (Å²) in [5, 5.41) is 0. The second kappa shape index (κ2) is 3.38. The Morgan fingerprint density at radius 2 is 2.20 bits per heavy atom. The smallest absolute Gasteiger partial charge is 0.000662 e. The minimum atomic E-state index is 0.920. The lowest BCUT2D eigenvalue weighted by Crippen LogP contribution is -2.36. The summed E-state index contributed by atoms with van der Waals surface area (Å²) >= 11 is 0. The summed E-state index contributed by atoms with van der Waals surface area (Å²) < 4.78 is 0. The van der Waals surface area contributed by atoms with E-state index in [2.05, 4.69) is 25.8 Å². The standard InChI is InChI=1S/C9H19N/c1-4-9-5-6-10(3)7-8(9)2/h8-9H,4-7H2,1-3H3. The van der Waals surface area contributed by atoms with Gasteiger partial charge < -0.3 is 4.90 Å². The van der Waals surface area contributed by atoms with Gasteiger partial charge in [0.05, 0.1) is 0 Å². The first-order valence-electron chi connectivity index (χ1n) is 4.42. The molecule has 1 heteroatoms. The van der Waals surface area contributed by atoms with Gasteiger partial charge in [-0.05, 0) is 31.8 Å². The number of rotatable bonds is 1. The molecule has 10 heavy (non-hydrogen) atoms. The van der Waals surface area contributed by atoms with Gasteiger partial charge >= 0.3 is 0 Å². The molecule has 1 aliphatic heterocycles. The Hall–Kier alpha value is -0.0400. The molecule has 1 fully saturated rings. The van der Waals surface area contributed by atoms with Gasteiger partial charge in [0.2, 0.25) is 0 Å². The molecule has 0 amide bonds. The van der Waals surface area contributed by atoms with Crippen molar-refractivity contribution < 1.29 is 0 Å². The van der Waals surface area contributed by atoms with Crippen LogP contribution in [-0.2, 0) is 0 Å². The third-order valence-corrected chi connectivity index (χ3v) is 2.81. The molecule has 2 unspecified atom stereocenters. The molecule has 0 saturated carbocycles. The van der Waals surface area contributed by atoms with E-state index in [0.717, 1.165) is 11.8 Å². The molecule has 2 atom stereocenters. The molecular weight excluding hydrogens is 122 g/mol. The van der Waals surface area contributed by atoms with Crippen molar-refractivity contribution in [1.82, 2.24) is 4.90 Å². The summed E-state index contributed by atoms with van der Waals surface area (Å²) in [5.74, 6) is 1.92. The third kappa shape index (κ3) is 1.72. The lowest BCUT2D eigenvalue weighted by Gasteiger charge is -2.34. The largest absolute Gasteiger partial charge is 0.306 e. The average molecular weight is 141 g/mol. The van der Waals surface area contributed by atoms with Gasteiger partial charge in [-0.3, -0.25) is 0 Å². The van der Waals surface area contributed by atoms with Crippen molar-refractivity contribution in [3.05, 3.63) is 0 Å². The molecule has 60 valence electrons. The molecule has 0 aromatic heterocycles. The van der Waals surface area contributed by atoms with E-state index >= 15 is 0 Å². The van der Waals surface area contributed by atoms with E-state index in [4.69, 9.17) is 0 Å². The van der Waals surface area contributed by atoms with Gasteiger partial charge in [-0.2, -0.15) is 0 Å². The van der Waals surface area contributed by atoms with Crippen LogP contribution in [0.3, 0.4) is 0 Å². The molecule has 0 aromatic carbocycles. The molecule has 1 saturated heterocycles. The van der Waals surface area contributed by atoms with Crippen molar-refractivity contribution in [2.75, 3.05) is 20.1 Å². The van der Waals surface area contributed by atoms with Gasteiger partial charge in [0, 0.05) is 6.54 Å². The number of likely N-dealkylation sites (tertiary alicyclic amines) is 1. The number of hydrogen-bond acceptors (Lipinski definition) is 1. The summed E-state index contributed by atoms with van der Waals surface area (Å²) in [6.07, 6.45) is 2.78. The maximum atomic E-state index is 2.44.